The maximum Gasteiger partial charge on any atom is 0.268 e. The molecule has 0 aliphatic carbocycles. The van der Waals surface area contributed by atoms with Crippen molar-refractivity contribution in [2.75, 3.05) is 11.4 Å². The second kappa shape index (κ2) is 6.45. The first-order valence-corrected chi connectivity index (χ1v) is 6.97. The van der Waals surface area contributed by atoms with E-state index in [-0.39, 0.29) is 5.91 Å². The lowest BCUT2D eigenvalue weighted by Gasteiger charge is -2.22. The fourth-order valence-corrected chi connectivity index (χ4v) is 2.25. The van der Waals surface area contributed by atoms with Gasteiger partial charge >= 0.3 is 0 Å². The molecule has 1 aromatic heterocycles. The number of nitrogen functional groups attached to an aromatic ring is 1. The lowest BCUT2D eigenvalue weighted by Crippen LogP contribution is -2.30. The topological polar surface area (TPSA) is 71.5 Å². The Kier molecular flexibility index (Phi) is 4.65. The molecule has 5 heteroatoms. The first-order chi connectivity index (χ1) is 10.0. The molecule has 0 aliphatic heterocycles. The molecular formula is C16H21N3O2. The van der Waals surface area contributed by atoms with E-state index in [2.05, 4.69) is 48.4 Å². The highest BCUT2D eigenvalue weighted by Crippen LogP contribution is 2.21. The molecule has 2 rings (SSSR count). The highest BCUT2D eigenvalue weighted by molar-refractivity contribution is 5.94. The fraction of sp³-hybridized carbons (Fsp3) is 0.312. The third-order valence-electron chi connectivity index (χ3n) is 3.47. The number of carbonyl (C=O) groups excluding carboxylic acids is 1. The Hall–Kier alpha value is -2.27. The predicted octanol–water partition coefficient (Wildman–Crippen LogP) is 2.53. The van der Waals surface area contributed by atoms with Gasteiger partial charge in [-0.05, 0) is 39.0 Å². The van der Waals surface area contributed by atoms with Gasteiger partial charge in [-0.2, -0.15) is 0 Å². The van der Waals surface area contributed by atoms with Crippen LogP contribution in [0.5, 0.6) is 0 Å². The monoisotopic (exact) mass is 287 g/mol. The summed E-state index contributed by atoms with van der Waals surface area (Å²) in [5.74, 6) is 6.15. The molecule has 2 aromatic rings. The predicted molar refractivity (Wildman–Crippen MR) is 83.0 cm³/mol. The summed E-state index contributed by atoms with van der Waals surface area (Å²) < 4.78 is 5.66. The van der Waals surface area contributed by atoms with Crippen LogP contribution in [0.25, 0.3) is 0 Å². The molecule has 112 valence electrons. The Morgan fingerprint density at radius 2 is 1.95 bits per heavy atom. The lowest BCUT2D eigenvalue weighted by atomic mass is 10.2. The van der Waals surface area contributed by atoms with Crippen LogP contribution in [0.3, 0.4) is 0 Å². The molecule has 5 nitrogen and oxygen atoms in total. The van der Waals surface area contributed by atoms with Crippen molar-refractivity contribution in [3.05, 3.63) is 53.0 Å². The molecule has 0 spiro atoms. The molecule has 1 amide bonds. The maximum atomic E-state index is 11.6. The minimum Gasteiger partial charge on any atom is -0.464 e. The summed E-state index contributed by atoms with van der Waals surface area (Å²) in [6.45, 7) is 7.37. The summed E-state index contributed by atoms with van der Waals surface area (Å²) in [6.07, 6.45) is 0. The Morgan fingerprint density at radius 3 is 2.52 bits per heavy atom. The van der Waals surface area contributed by atoms with Gasteiger partial charge in [0, 0.05) is 12.2 Å². The summed E-state index contributed by atoms with van der Waals surface area (Å²) in [7, 11) is 0. The van der Waals surface area contributed by atoms with Gasteiger partial charge in [-0.25, -0.2) is 5.84 Å². The first-order valence-electron chi connectivity index (χ1n) is 6.97. The maximum absolute atomic E-state index is 11.6. The van der Waals surface area contributed by atoms with Crippen LogP contribution in [-0.4, -0.2) is 12.5 Å². The zero-order chi connectivity index (χ0) is 15.4. The van der Waals surface area contributed by atoms with Gasteiger partial charge in [0.05, 0.1) is 12.1 Å². The van der Waals surface area contributed by atoms with Gasteiger partial charge in [0.2, 0.25) is 0 Å². The minimum absolute atomic E-state index is 0.333. The molecule has 3 N–H and O–H groups in total. The summed E-state index contributed by atoms with van der Waals surface area (Å²) in [6, 6.07) is 10.1. The average Bonchev–Trinajstić information content (AvgIpc) is 2.85. The Balaban J connectivity index is 2.19. The van der Waals surface area contributed by atoms with Gasteiger partial charge in [-0.3, -0.25) is 10.2 Å². The van der Waals surface area contributed by atoms with Gasteiger partial charge in [0.15, 0.2) is 0 Å². The summed E-state index contributed by atoms with van der Waals surface area (Å²) in [5, 5.41) is 0. The number of nitrogens with one attached hydrogen (secondary N) is 1. The number of carbonyl (C=O) groups is 1. The van der Waals surface area contributed by atoms with Crippen LogP contribution in [0.1, 0.15) is 34.4 Å². The number of hydrogen-bond acceptors (Lipinski definition) is 4. The Labute approximate surface area is 124 Å². The number of hydrogen-bond donors (Lipinski definition) is 2. The molecule has 0 fully saturated rings. The van der Waals surface area contributed by atoms with E-state index in [0.717, 1.165) is 18.0 Å². The number of hydrazine groups is 1. The molecule has 0 bridgehead atoms. The highest BCUT2D eigenvalue weighted by atomic mass is 16.3. The molecular weight excluding hydrogens is 266 g/mol. The van der Waals surface area contributed by atoms with E-state index in [1.165, 1.54) is 5.56 Å². The number of anilines is 1. The van der Waals surface area contributed by atoms with Crippen LogP contribution in [0.15, 0.2) is 34.7 Å². The van der Waals surface area contributed by atoms with Crippen LogP contribution in [0.2, 0.25) is 0 Å². The molecule has 0 atom stereocenters. The van der Waals surface area contributed by atoms with Crippen molar-refractivity contribution >= 4 is 11.6 Å². The van der Waals surface area contributed by atoms with E-state index in [4.69, 9.17) is 10.3 Å². The number of furan rings is 1. The molecule has 1 heterocycles. The lowest BCUT2D eigenvalue weighted by molar-refractivity contribution is 0.0952. The van der Waals surface area contributed by atoms with Gasteiger partial charge in [-0.15, -0.1) is 0 Å². The highest BCUT2D eigenvalue weighted by Gasteiger charge is 2.15. The van der Waals surface area contributed by atoms with Gasteiger partial charge in [0.1, 0.15) is 11.5 Å². The van der Waals surface area contributed by atoms with Crippen LogP contribution in [-0.2, 0) is 6.54 Å². The number of amides is 1. The normalized spacial score (nSPS) is 10.5. The molecule has 0 saturated heterocycles. The average molecular weight is 287 g/mol. The number of aryl methyl sites for hydroxylation is 2. The summed E-state index contributed by atoms with van der Waals surface area (Å²) >= 11 is 0. The SMILES string of the molecule is CCN(Cc1cc(C(=O)NN)c(C)o1)c1ccc(C)cc1. The Morgan fingerprint density at radius 1 is 1.29 bits per heavy atom. The second-order valence-corrected chi connectivity index (χ2v) is 5.01. The standard InChI is InChI=1S/C16H21N3O2/c1-4-19(13-7-5-11(2)6-8-13)10-14-9-15(12(3)21-14)16(20)18-17/h5-9H,4,10,17H2,1-3H3,(H,18,20). The van der Waals surface area contributed by atoms with Crippen molar-refractivity contribution in [3.63, 3.8) is 0 Å². The molecule has 0 aliphatic rings. The van der Waals surface area contributed by atoms with E-state index in [1.807, 2.05) is 0 Å². The van der Waals surface area contributed by atoms with Crippen molar-refractivity contribution < 1.29 is 9.21 Å². The van der Waals surface area contributed by atoms with Crippen molar-refractivity contribution in [1.29, 1.82) is 0 Å². The van der Waals surface area contributed by atoms with E-state index < -0.39 is 0 Å². The third kappa shape index (κ3) is 3.44. The van der Waals surface area contributed by atoms with Gasteiger partial charge in [0.25, 0.3) is 5.91 Å². The van der Waals surface area contributed by atoms with Crippen molar-refractivity contribution in [2.24, 2.45) is 5.84 Å². The molecule has 0 saturated carbocycles. The van der Waals surface area contributed by atoms with E-state index in [0.29, 0.717) is 17.9 Å². The Bertz CT molecular complexity index is 617. The molecule has 1 aromatic carbocycles. The quantitative estimate of drug-likeness (QED) is 0.503. The number of nitrogens with zero attached hydrogens (tertiary/aromatic N) is 1. The first kappa shape index (κ1) is 15.1. The van der Waals surface area contributed by atoms with Crippen LogP contribution >= 0.6 is 0 Å². The molecule has 21 heavy (non-hydrogen) atoms. The van der Waals surface area contributed by atoms with Crippen LogP contribution in [0, 0.1) is 13.8 Å². The zero-order valence-electron chi connectivity index (χ0n) is 12.6. The van der Waals surface area contributed by atoms with Crippen molar-refractivity contribution in [2.45, 2.75) is 27.3 Å². The second-order valence-electron chi connectivity index (χ2n) is 5.01. The van der Waals surface area contributed by atoms with E-state index in [1.54, 1.807) is 13.0 Å². The third-order valence-corrected chi connectivity index (χ3v) is 3.47. The summed E-state index contributed by atoms with van der Waals surface area (Å²) in [5.41, 5.74) is 4.96. The number of benzene rings is 1. The zero-order valence-corrected chi connectivity index (χ0v) is 12.6. The van der Waals surface area contributed by atoms with E-state index >= 15 is 0 Å². The van der Waals surface area contributed by atoms with Crippen LogP contribution in [0.4, 0.5) is 5.69 Å². The largest absolute Gasteiger partial charge is 0.464 e. The van der Waals surface area contributed by atoms with E-state index in [9.17, 15) is 4.79 Å². The summed E-state index contributed by atoms with van der Waals surface area (Å²) in [4.78, 5) is 13.8. The molecule has 0 radical (unpaired) electrons. The minimum atomic E-state index is -0.333. The van der Waals surface area contributed by atoms with Gasteiger partial charge in [-0.1, -0.05) is 17.7 Å². The van der Waals surface area contributed by atoms with Crippen LogP contribution < -0.4 is 16.2 Å². The number of nitrogens with two attached hydrogens (primary N) is 1. The van der Waals surface area contributed by atoms with Gasteiger partial charge < -0.3 is 9.32 Å². The number of rotatable bonds is 5. The van der Waals surface area contributed by atoms with Crippen molar-refractivity contribution in [3.8, 4) is 0 Å². The fourth-order valence-electron chi connectivity index (χ4n) is 2.25. The molecule has 0 unspecified atom stereocenters. The van der Waals surface area contributed by atoms with Crippen molar-refractivity contribution in [1.82, 2.24) is 5.43 Å². The smallest absolute Gasteiger partial charge is 0.268 e.